The average Bonchev–Trinajstić information content (AvgIpc) is 3.09. The number of carbonyl (C=O) groups is 1. The normalized spacial score (nSPS) is 25.0. The van der Waals surface area contributed by atoms with Gasteiger partial charge in [0.1, 0.15) is 6.10 Å². The highest BCUT2D eigenvalue weighted by atomic mass is 16.5. The summed E-state index contributed by atoms with van der Waals surface area (Å²) in [4.78, 5) is 14.8. The van der Waals surface area contributed by atoms with Crippen molar-refractivity contribution in [2.24, 2.45) is 11.8 Å². The summed E-state index contributed by atoms with van der Waals surface area (Å²) in [6.45, 7) is 4.19. The second-order valence-electron chi connectivity index (χ2n) is 6.39. The summed E-state index contributed by atoms with van der Waals surface area (Å²) in [6, 6.07) is 10.2. The fraction of sp³-hybridized carbons (Fsp3) is 0.611. The Balaban J connectivity index is 1.64. The fourth-order valence-electron chi connectivity index (χ4n) is 3.67. The van der Waals surface area contributed by atoms with Gasteiger partial charge in [-0.2, -0.15) is 0 Å². The van der Waals surface area contributed by atoms with E-state index < -0.39 is 0 Å². The molecular formula is C18H25NO2. The van der Waals surface area contributed by atoms with Gasteiger partial charge in [-0.3, -0.25) is 4.79 Å². The number of carbonyl (C=O) groups excluding carboxylic acids is 1. The molecule has 3 rings (SSSR count). The smallest absolute Gasteiger partial charge is 0.225 e. The number of hydrogen-bond donors (Lipinski definition) is 0. The maximum atomic E-state index is 12.7. The number of morpholine rings is 1. The molecule has 21 heavy (non-hydrogen) atoms. The number of nitrogens with zero attached hydrogens (tertiary/aromatic N) is 1. The molecule has 1 aliphatic carbocycles. The zero-order valence-corrected chi connectivity index (χ0v) is 12.8. The van der Waals surface area contributed by atoms with E-state index in [2.05, 4.69) is 19.1 Å². The van der Waals surface area contributed by atoms with E-state index in [0.29, 0.717) is 25.0 Å². The molecule has 1 saturated heterocycles. The maximum absolute atomic E-state index is 12.7. The van der Waals surface area contributed by atoms with Gasteiger partial charge in [-0.15, -0.1) is 0 Å². The molecule has 0 aromatic heterocycles. The predicted octanol–water partition coefficient (Wildman–Crippen LogP) is 3.41. The van der Waals surface area contributed by atoms with Gasteiger partial charge in [0.05, 0.1) is 13.2 Å². The Hall–Kier alpha value is -1.35. The highest BCUT2D eigenvalue weighted by molar-refractivity contribution is 5.79. The van der Waals surface area contributed by atoms with Crippen LogP contribution in [0.5, 0.6) is 0 Å². The summed E-state index contributed by atoms with van der Waals surface area (Å²) in [7, 11) is 0. The van der Waals surface area contributed by atoms with E-state index in [4.69, 9.17) is 4.74 Å². The van der Waals surface area contributed by atoms with E-state index in [1.807, 2.05) is 23.1 Å². The molecule has 114 valence electrons. The van der Waals surface area contributed by atoms with Crippen molar-refractivity contribution >= 4 is 5.91 Å². The highest BCUT2D eigenvalue weighted by Gasteiger charge is 2.32. The lowest BCUT2D eigenvalue weighted by molar-refractivity contribution is -0.144. The summed E-state index contributed by atoms with van der Waals surface area (Å²) in [5, 5.41) is 0. The van der Waals surface area contributed by atoms with Crippen LogP contribution in [0.3, 0.4) is 0 Å². The van der Waals surface area contributed by atoms with E-state index in [1.165, 1.54) is 31.2 Å². The summed E-state index contributed by atoms with van der Waals surface area (Å²) in [5.41, 5.74) is 1.17. The number of benzene rings is 1. The standard InChI is InChI=1S/C18H25NO2/c1-14(15-7-5-6-8-15)18(20)19-11-12-21-17(13-19)16-9-3-2-4-10-16/h2-4,9-10,14-15,17H,5-8,11-13H2,1H3. The van der Waals surface area contributed by atoms with Crippen LogP contribution in [0.25, 0.3) is 0 Å². The molecule has 2 aliphatic rings. The second kappa shape index (κ2) is 6.61. The molecule has 1 aromatic rings. The number of rotatable bonds is 3. The van der Waals surface area contributed by atoms with E-state index in [0.717, 1.165) is 6.54 Å². The van der Waals surface area contributed by atoms with Gasteiger partial charge in [-0.25, -0.2) is 0 Å². The second-order valence-corrected chi connectivity index (χ2v) is 6.39. The molecule has 0 bridgehead atoms. The van der Waals surface area contributed by atoms with Crippen LogP contribution in [0.2, 0.25) is 0 Å². The predicted molar refractivity (Wildman–Crippen MR) is 82.8 cm³/mol. The summed E-state index contributed by atoms with van der Waals surface area (Å²) >= 11 is 0. The zero-order valence-electron chi connectivity index (χ0n) is 12.8. The topological polar surface area (TPSA) is 29.5 Å². The van der Waals surface area contributed by atoms with Crippen molar-refractivity contribution in [1.29, 1.82) is 0 Å². The van der Waals surface area contributed by atoms with E-state index in [1.54, 1.807) is 0 Å². The monoisotopic (exact) mass is 287 g/mol. The minimum Gasteiger partial charge on any atom is -0.370 e. The van der Waals surface area contributed by atoms with Gasteiger partial charge in [0, 0.05) is 12.5 Å². The lowest BCUT2D eigenvalue weighted by Crippen LogP contribution is -2.45. The van der Waals surface area contributed by atoms with Crippen molar-refractivity contribution in [1.82, 2.24) is 4.90 Å². The highest BCUT2D eigenvalue weighted by Crippen LogP contribution is 2.33. The van der Waals surface area contributed by atoms with E-state index in [-0.39, 0.29) is 12.0 Å². The minimum atomic E-state index is 0.0275. The first kappa shape index (κ1) is 14.6. The summed E-state index contributed by atoms with van der Waals surface area (Å²) < 4.78 is 5.86. The molecule has 3 nitrogen and oxygen atoms in total. The Morgan fingerprint density at radius 3 is 2.67 bits per heavy atom. The van der Waals surface area contributed by atoms with Gasteiger partial charge in [0.2, 0.25) is 5.91 Å². The van der Waals surface area contributed by atoms with Crippen molar-refractivity contribution in [3.8, 4) is 0 Å². The Bertz CT molecular complexity index is 467. The minimum absolute atomic E-state index is 0.0275. The van der Waals surface area contributed by atoms with E-state index >= 15 is 0 Å². The van der Waals surface area contributed by atoms with Crippen molar-refractivity contribution < 1.29 is 9.53 Å². The Morgan fingerprint density at radius 2 is 1.95 bits per heavy atom. The number of hydrogen-bond acceptors (Lipinski definition) is 2. The molecule has 1 heterocycles. The Kier molecular flexibility index (Phi) is 4.59. The molecule has 3 heteroatoms. The largest absolute Gasteiger partial charge is 0.370 e. The molecule has 2 atom stereocenters. The summed E-state index contributed by atoms with van der Waals surface area (Å²) in [6.07, 6.45) is 5.05. The van der Waals surface area contributed by atoms with Gasteiger partial charge in [0.25, 0.3) is 0 Å². The third-order valence-electron chi connectivity index (χ3n) is 5.05. The first-order valence-corrected chi connectivity index (χ1v) is 8.21. The molecule has 1 aliphatic heterocycles. The molecule has 2 unspecified atom stereocenters. The van der Waals surface area contributed by atoms with Crippen molar-refractivity contribution in [2.75, 3.05) is 19.7 Å². The van der Waals surface area contributed by atoms with E-state index in [9.17, 15) is 4.79 Å². The Labute approximate surface area is 127 Å². The quantitative estimate of drug-likeness (QED) is 0.852. The van der Waals surface area contributed by atoms with Crippen LogP contribution in [-0.2, 0) is 9.53 Å². The van der Waals surface area contributed by atoms with Crippen LogP contribution in [-0.4, -0.2) is 30.5 Å². The van der Waals surface area contributed by atoms with Gasteiger partial charge in [-0.05, 0) is 24.3 Å². The van der Waals surface area contributed by atoms with Gasteiger partial charge >= 0.3 is 0 Å². The third-order valence-corrected chi connectivity index (χ3v) is 5.05. The summed E-state index contributed by atoms with van der Waals surface area (Å²) in [5.74, 6) is 1.09. The SMILES string of the molecule is CC(C(=O)N1CCOC(c2ccccc2)C1)C1CCCC1. The lowest BCUT2D eigenvalue weighted by atomic mass is 9.91. The van der Waals surface area contributed by atoms with Crippen molar-refractivity contribution in [3.05, 3.63) is 35.9 Å². The molecule has 0 spiro atoms. The molecular weight excluding hydrogens is 262 g/mol. The number of amides is 1. The van der Waals surface area contributed by atoms with Crippen molar-refractivity contribution in [3.63, 3.8) is 0 Å². The van der Waals surface area contributed by atoms with Crippen LogP contribution < -0.4 is 0 Å². The molecule has 1 aromatic carbocycles. The fourth-order valence-corrected chi connectivity index (χ4v) is 3.67. The van der Waals surface area contributed by atoms with Crippen LogP contribution >= 0.6 is 0 Å². The molecule has 1 saturated carbocycles. The molecule has 2 fully saturated rings. The van der Waals surface area contributed by atoms with Gasteiger partial charge < -0.3 is 9.64 Å². The lowest BCUT2D eigenvalue weighted by Gasteiger charge is -2.35. The zero-order chi connectivity index (χ0) is 14.7. The van der Waals surface area contributed by atoms with Crippen LogP contribution in [0.4, 0.5) is 0 Å². The van der Waals surface area contributed by atoms with Crippen LogP contribution in [0, 0.1) is 11.8 Å². The molecule has 0 radical (unpaired) electrons. The Morgan fingerprint density at radius 1 is 1.24 bits per heavy atom. The first-order valence-electron chi connectivity index (χ1n) is 8.21. The maximum Gasteiger partial charge on any atom is 0.225 e. The van der Waals surface area contributed by atoms with Gasteiger partial charge in [0.15, 0.2) is 0 Å². The average molecular weight is 287 g/mol. The van der Waals surface area contributed by atoms with Crippen LogP contribution in [0.1, 0.15) is 44.3 Å². The van der Waals surface area contributed by atoms with Crippen LogP contribution in [0.15, 0.2) is 30.3 Å². The van der Waals surface area contributed by atoms with Gasteiger partial charge in [-0.1, -0.05) is 50.1 Å². The number of ether oxygens (including phenoxy) is 1. The molecule has 1 amide bonds. The van der Waals surface area contributed by atoms with Crippen molar-refractivity contribution in [2.45, 2.75) is 38.7 Å². The third kappa shape index (κ3) is 3.29. The molecule has 0 N–H and O–H groups in total. The first-order chi connectivity index (χ1) is 10.3.